The van der Waals surface area contributed by atoms with E-state index in [1.165, 1.54) is 21.3 Å². The number of ketones is 1. The average molecular weight is 454 g/mol. The van der Waals surface area contributed by atoms with Gasteiger partial charge in [0.2, 0.25) is 5.78 Å². The molecule has 0 bridgehead atoms. The summed E-state index contributed by atoms with van der Waals surface area (Å²) in [6.45, 7) is 0. The fraction of sp³-hybridized carbons (Fsp3) is 0.750. The van der Waals surface area contributed by atoms with Crippen molar-refractivity contribution in [3.63, 3.8) is 0 Å². The van der Waals surface area contributed by atoms with Gasteiger partial charge in [-0.15, -0.1) is 0 Å². The van der Waals surface area contributed by atoms with Crippen molar-refractivity contribution in [2.45, 2.75) is 70.1 Å². The van der Waals surface area contributed by atoms with E-state index in [-0.39, 0.29) is 31.2 Å². The Hall–Kier alpha value is -2.59. The van der Waals surface area contributed by atoms with Crippen LogP contribution in [-0.2, 0) is 42.9 Å². The van der Waals surface area contributed by atoms with E-state index < -0.39 is 30.1 Å². The Morgan fingerprint density at radius 2 is 1.06 bits per heavy atom. The fourth-order valence-corrected chi connectivity index (χ4v) is 2.20. The number of esters is 4. The van der Waals surface area contributed by atoms with E-state index in [2.05, 4.69) is 18.9 Å². The summed E-state index contributed by atoms with van der Waals surface area (Å²) in [6, 6.07) is 0. The number of hydrogen-bond acceptors (Lipinski definition) is 9. The highest BCUT2D eigenvalue weighted by atomic mass is 19.3. The molecule has 0 N–H and O–H groups in total. The Kier molecular flexibility index (Phi) is 18.0. The van der Waals surface area contributed by atoms with Gasteiger partial charge in [0.25, 0.3) is 0 Å². The van der Waals surface area contributed by atoms with Crippen LogP contribution in [0, 0.1) is 0 Å². The summed E-state index contributed by atoms with van der Waals surface area (Å²) >= 11 is 0. The second-order valence-corrected chi connectivity index (χ2v) is 6.38. The van der Waals surface area contributed by atoms with Crippen molar-refractivity contribution in [1.82, 2.24) is 0 Å². The Labute approximate surface area is 180 Å². The van der Waals surface area contributed by atoms with Gasteiger partial charge in [-0.1, -0.05) is 12.8 Å². The summed E-state index contributed by atoms with van der Waals surface area (Å²) in [7, 11) is 4.71. The first-order chi connectivity index (χ1) is 14.5. The van der Waals surface area contributed by atoms with Crippen LogP contribution in [0.5, 0.6) is 0 Å². The van der Waals surface area contributed by atoms with Gasteiger partial charge < -0.3 is 18.9 Å². The van der Waals surface area contributed by atoms with Gasteiger partial charge in [0, 0.05) is 25.7 Å². The maximum absolute atomic E-state index is 12.9. The molecule has 31 heavy (non-hydrogen) atoms. The maximum Gasteiger partial charge on any atom is 0.376 e. The van der Waals surface area contributed by atoms with E-state index >= 15 is 0 Å². The Morgan fingerprint density at radius 3 is 1.48 bits per heavy atom. The molecule has 0 aliphatic carbocycles. The van der Waals surface area contributed by atoms with Crippen LogP contribution in [-0.4, -0.2) is 64.0 Å². The molecule has 0 atom stereocenters. The molecule has 0 aliphatic heterocycles. The van der Waals surface area contributed by atoms with Crippen LogP contribution in [0.4, 0.5) is 8.78 Å². The Morgan fingerprint density at radius 1 is 0.613 bits per heavy atom. The lowest BCUT2D eigenvalue weighted by Gasteiger charge is -2.12. The third-order valence-corrected chi connectivity index (χ3v) is 4.01. The average Bonchev–Trinajstić information content (AvgIpc) is 2.76. The van der Waals surface area contributed by atoms with E-state index in [4.69, 9.17) is 0 Å². The number of carbonyl (C=O) groups is 5. The molecule has 11 heteroatoms. The predicted molar refractivity (Wildman–Crippen MR) is 104 cm³/mol. The molecular formula is C20H32F2O9. The molecule has 0 unspecified atom stereocenters. The third kappa shape index (κ3) is 16.8. The lowest BCUT2D eigenvalue weighted by Crippen LogP contribution is -2.29. The lowest BCUT2D eigenvalue weighted by atomic mass is 10.1. The summed E-state index contributed by atoms with van der Waals surface area (Å²) in [6.07, 6.45) is 3.24. The van der Waals surface area contributed by atoms with Crippen LogP contribution < -0.4 is 0 Å². The molecule has 0 saturated carbocycles. The van der Waals surface area contributed by atoms with Crippen LogP contribution >= 0.6 is 0 Å². The van der Waals surface area contributed by atoms with Gasteiger partial charge in [0.05, 0.1) is 28.4 Å². The minimum absolute atomic E-state index is 0.166. The van der Waals surface area contributed by atoms with Crippen LogP contribution in [0.2, 0.25) is 0 Å². The van der Waals surface area contributed by atoms with Crippen LogP contribution in [0.3, 0.4) is 0 Å². The zero-order chi connectivity index (χ0) is 24.3. The molecule has 0 radical (unpaired) electrons. The van der Waals surface area contributed by atoms with E-state index in [1.807, 2.05) is 0 Å². The maximum atomic E-state index is 12.9. The van der Waals surface area contributed by atoms with Gasteiger partial charge in [-0.3, -0.25) is 14.4 Å². The normalized spacial score (nSPS) is 10.3. The van der Waals surface area contributed by atoms with E-state index in [1.54, 1.807) is 0 Å². The number of alkyl halides is 2. The number of methoxy groups -OCH3 is 4. The number of carbonyl (C=O) groups excluding carboxylic acids is 5. The molecule has 0 fully saturated rings. The molecule has 0 amide bonds. The molecule has 0 aliphatic rings. The molecule has 0 rings (SSSR count). The van der Waals surface area contributed by atoms with Crippen molar-refractivity contribution in [2.24, 2.45) is 0 Å². The molecule has 0 aromatic carbocycles. The molecule has 0 heterocycles. The first kappa shape index (κ1) is 30.6. The molecule has 0 aromatic rings. The van der Waals surface area contributed by atoms with Crippen molar-refractivity contribution in [2.75, 3.05) is 28.4 Å². The molecule has 9 nitrogen and oxygen atoms in total. The summed E-state index contributed by atoms with van der Waals surface area (Å²) in [5.41, 5.74) is 0. The molecular weight excluding hydrogens is 422 g/mol. The number of ether oxygens (including phenoxy) is 4. The monoisotopic (exact) mass is 454 g/mol. The van der Waals surface area contributed by atoms with Gasteiger partial charge in [-0.2, -0.15) is 8.78 Å². The summed E-state index contributed by atoms with van der Waals surface area (Å²) in [4.78, 5) is 53.6. The zero-order valence-corrected chi connectivity index (χ0v) is 18.5. The number of unbranched alkanes of at least 4 members (excludes halogenated alkanes) is 4. The van der Waals surface area contributed by atoms with Crippen LogP contribution in [0.1, 0.15) is 64.2 Å². The molecule has 0 aromatic heterocycles. The first-order valence-electron chi connectivity index (χ1n) is 9.76. The highest BCUT2D eigenvalue weighted by Crippen LogP contribution is 2.23. The summed E-state index contributed by atoms with van der Waals surface area (Å²) < 4.78 is 42.9. The van der Waals surface area contributed by atoms with Gasteiger partial charge in [0.15, 0.2) is 0 Å². The third-order valence-electron chi connectivity index (χ3n) is 4.01. The van der Waals surface area contributed by atoms with Gasteiger partial charge >= 0.3 is 29.8 Å². The van der Waals surface area contributed by atoms with E-state index in [0.717, 1.165) is 13.5 Å². The van der Waals surface area contributed by atoms with Gasteiger partial charge in [-0.05, 0) is 25.7 Å². The highest BCUT2D eigenvalue weighted by Gasteiger charge is 2.39. The topological polar surface area (TPSA) is 122 Å². The van der Waals surface area contributed by atoms with E-state index in [0.29, 0.717) is 32.1 Å². The Balaban J connectivity index is 0. The molecule has 180 valence electrons. The van der Waals surface area contributed by atoms with Crippen LogP contribution in [0.25, 0.3) is 0 Å². The van der Waals surface area contributed by atoms with Gasteiger partial charge in [0.1, 0.15) is 0 Å². The first-order valence-corrected chi connectivity index (χ1v) is 9.76. The molecule has 0 saturated heterocycles. The van der Waals surface area contributed by atoms with Crippen molar-refractivity contribution in [1.29, 1.82) is 0 Å². The minimum atomic E-state index is -3.43. The standard InChI is InChI=1S/C10H16F2O4.C10H16O5/c1-15-8(13)6-4-3-5-7-10(11,12)9(14)16-2;1-14-9(12)7-5-3-4-6-8(11)10(13)15-2/h3-7H2,1-2H3;3-7H2,1-2H3. The largest absolute Gasteiger partial charge is 0.469 e. The highest BCUT2D eigenvalue weighted by molar-refractivity contribution is 6.33. The number of Topliss-reactive ketones (excluding diaryl/α,β-unsaturated/α-hetero) is 1. The second kappa shape index (κ2) is 18.2. The smallest absolute Gasteiger partial charge is 0.376 e. The summed E-state index contributed by atoms with van der Waals surface area (Å²) in [5, 5.41) is 0. The number of halogens is 2. The van der Waals surface area contributed by atoms with E-state index in [9.17, 15) is 32.8 Å². The van der Waals surface area contributed by atoms with Crippen LogP contribution in [0.15, 0.2) is 0 Å². The Bertz CT molecular complexity index is 577. The minimum Gasteiger partial charge on any atom is -0.469 e. The van der Waals surface area contributed by atoms with Crippen molar-refractivity contribution < 1.29 is 51.7 Å². The zero-order valence-electron chi connectivity index (χ0n) is 18.5. The fourth-order valence-electron chi connectivity index (χ4n) is 2.20. The van der Waals surface area contributed by atoms with Gasteiger partial charge in [-0.25, -0.2) is 9.59 Å². The second-order valence-electron chi connectivity index (χ2n) is 6.38. The lowest BCUT2D eigenvalue weighted by molar-refractivity contribution is -0.169. The summed E-state index contributed by atoms with van der Waals surface area (Å²) in [5.74, 6) is -6.88. The van der Waals surface area contributed by atoms with Crippen molar-refractivity contribution in [3.05, 3.63) is 0 Å². The quantitative estimate of drug-likeness (QED) is 0.169. The number of hydrogen-bond donors (Lipinski definition) is 0. The number of rotatable bonds is 14. The predicted octanol–water partition coefficient (Wildman–Crippen LogP) is 2.77. The van der Waals surface area contributed by atoms with Crippen molar-refractivity contribution in [3.8, 4) is 0 Å². The SMILES string of the molecule is COC(=O)CCCCCC(=O)C(=O)OC.COC(=O)CCCCCC(F)(F)C(=O)OC. The van der Waals surface area contributed by atoms with Crippen molar-refractivity contribution >= 4 is 29.7 Å². The molecule has 0 spiro atoms.